The van der Waals surface area contributed by atoms with E-state index in [0.717, 1.165) is 24.3 Å². The molecule has 1 heterocycles. The van der Waals surface area contributed by atoms with Gasteiger partial charge in [-0.1, -0.05) is 62.1 Å². The van der Waals surface area contributed by atoms with Crippen LogP contribution in [0, 0.1) is 6.92 Å². The number of benzene rings is 2. The number of para-hydroxylation sites is 1. The summed E-state index contributed by atoms with van der Waals surface area (Å²) in [4.78, 5) is 13.6. The first-order valence-corrected chi connectivity index (χ1v) is 9.88. The molecule has 0 fully saturated rings. The molecule has 0 radical (unpaired) electrons. The summed E-state index contributed by atoms with van der Waals surface area (Å²) in [5, 5.41) is 9.84. The highest BCUT2D eigenvalue weighted by Gasteiger charge is 2.07. The Kier molecular flexibility index (Phi) is 7.18. The standard InChI is InChI=1S/C22H28N6/c1-3-4-5-9-16-23-20-26-21(24-18-10-7-6-8-11-18)28-22(27-20)25-19-14-12-17(2)13-15-19/h6-8,10-15H,3-5,9,16H2,1-2H3,(H3,23,24,25,26,27,28). The van der Waals surface area contributed by atoms with Gasteiger partial charge in [-0.15, -0.1) is 0 Å². The van der Waals surface area contributed by atoms with Crippen LogP contribution in [0.4, 0.5) is 29.2 Å². The molecule has 0 bridgehead atoms. The quantitative estimate of drug-likeness (QED) is 0.397. The molecule has 1 aromatic heterocycles. The van der Waals surface area contributed by atoms with Crippen molar-refractivity contribution in [1.29, 1.82) is 0 Å². The van der Waals surface area contributed by atoms with E-state index >= 15 is 0 Å². The zero-order valence-electron chi connectivity index (χ0n) is 16.6. The maximum Gasteiger partial charge on any atom is 0.233 e. The molecule has 3 aromatic rings. The lowest BCUT2D eigenvalue weighted by molar-refractivity contribution is 0.683. The molecule has 6 heteroatoms. The van der Waals surface area contributed by atoms with Crippen molar-refractivity contribution in [2.24, 2.45) is 0 Å². The van der Waals surface area contributed by atoms with Crippen LogP contribution in [0.5, 0.6) is 0 Å². The first kappa shape index (κ1) is 19.6. The van der Waals surface area contributed by atoms with Crippen LogP contribution in [0.25, 0.3) is 0 Å². The molecule has 146 valence electrons. The van der Waals surface area contributed by atoms with Gasteiger partial charge in [0.05, 0.1) is 0 Å². The van der Waals surface area contributed by atoms with Gasteiger partial charge in [-0.25, -0.2) is 0 Å². The van der Waals surface area contributed by atoms with E-state index in [1.807, 2.05) is 42.5 Å². The minimum Gasteiger partial charge on any atom is -0.354 e. The summed E-state index contributed by atoms with van der Waals surface area (Å²) in [6.07, 6.45) is 4.78. The van der Waals surface area contributed by atoms with E-state index in [1.165, 1.54) is 24.8 Å². The molecule has 6 nitrogen and oxygen atoms in total. The second kappa shape index (κ2) is 10.3. The molecule has 0 atom stereocenters. The van der Waals surface area contributed by atoms with Crippen molar-refractivity contribution < 1.29 is 0 Å². The summed E-state index contributed by atoms with van der Waals surface area (Å²) in [6, 6.07) is 18.0. The molecule has 0 aliphatic carbocycles. The van der Waals surface area contributed by atoms with Crippen LogP contribution < -0.4 is 16.0 Å². The molecular weight excluding hydrogens is 348 g/mol. The average Bonchev–Trinajstić information content (AvgIpc) is 2.70. The maximum absolute atomic E-state index is 4.53. The van der Waals surface area contributed by atoms with Crippen molar-refractivity contribution in [3.8, 4) is 0 Å². The minimum atomic E-state index is 0.506. The van der Waals surface area contributed by atoms with Gasteiger partial charge in [0, 0.05) is 17.9 Å². The highest BCUT2D eigenvalue weighted by atomic mass is 15.3. The second-order valence-electron chi connectivity index (χ2n) is 6.78. The normalized spacial score (nSPS) is 10.5. The number of nitrogens with zero attached hydrogens (tertiary/aromatic N) is 3. The van der Waals surface area contributed by atoms with Crippen molar-refractivity contribution in [2.75, 3.05) is 22.5 Å². The number of hydrogen-bond donors (Lipinski definition) is 3. The summed E-state index contributed by atoms with van der Waals surface area (Å²) in [5.41, 5.74) is 3.09. The van der Waals surface area contributed by atoms with Crippen molar-refractivity contribution in [3.05, 3.63) is 60.2 Å². The van der Waals surface area contributed by atoms with E-state index in [0.29, 0.717) is 17.8 Å². The predicted molar refractivity (Wildman–Crippen MR) is 117 cm³/mol. The van der Waals surface area contributed by atoms with E-state index < -0.39 is 0 Å². The second-order valence-corrected chi connectivity index (χ2v) is 6.78. The van der Waals surface area contributed by atoms with Crippen LogP contribution in [0.2, 0.25) is 0 Å². The third kappa shape index (κ3) is 6.23. The SMILES string of the molecule is CCCCCCNc1nc(Nc2ccccc2)nc(Nc2ccc(C)cc2)n1. The smallest absolute Gasteiger partial charge is 0.233 e. The Morgan fingerprint density at radius 2 is 1.29 bits per heavy atom. The van der Waals surface area contributed by atoms with E-state index in [4.69, 9.17) is 0 Å². The fourth-order valence-corrected chi connectivity index (χ4v) is 2.74. The van der Waals surface area contributed by atoms with Gasteiger partial charge in [0.1, 0.15) is 0 Å². The third-order valence-electron chi connectivity index (χ3n) is 4.29. The molecule has 0 aliphatic rings. The van der Waals surface area contributed by atoms with Crippen molar-refractivity contribution in [1.82, 2.24) is 15.0 Å². The van der Waals surface area contributed by atoms with Crippen LogP contribution in [0.3, 0.4) is 0 Å². The van der Waals surface area contributed by atoms with Crippen LogP contribution in [0.1, 0.15) is 38.2 Å². The van der Waals surface area contributed by atoms with Gasteiger partial charge in [0.15, 0.2) is 0 Å². The zero-order chi connectivity index (χ0) is 19.6. The molecular formula is C22H28N6. The first-order valence-electron chi connectivity index (χ1n) is 9.88. The Morgan fingerprint density at radius 1 is 0.679 bits per heavy atom. The number of rotatable bonds is 10. The molecule has 2 aromatic carbocycles. The van der Waals surface area contributed by atoms with E-state index in [2.05, 4.69) is 56.9 Å². The topological polar surface area (TPSA) is 74.8 Å². The molecule has 28 heavy (non-hydrogen) atoms. The molecule has 0 unspecified atom stereocenters. The zero-order valence-corrected chi connectivity index (χ0v) is 16.6. The molecule has 3 N–H and O–H groups in total. The number of anilines is 5. The Labute approximate surface area is 166 Å². The fraction of sp³-hybridized carbons (Fsp3) is 0.318. The summed E-state index contributed by atoms with van der Waals surface area (Å²) < 4.78 is 0. The van der Waals surface area contributed by atoms with Gasteiger partial charge in [-0.05, 0) is 37.6 Å². The lowest BCUT2D eigenvalue weighted by Gasteiger charge is -2.11. The number of unbranched alkanes of at least 4 members (excludes halogenated alkanes) is 3. The molecule has 0 saturated heterocycles. The molecule has 0 saturated carbocycles. The minimum absolute atomic E-state index is 0.506. The van der Waals surface area contributed by atoms with Gasteiger partial charge < -0.3 is 16.0 Å². The van der Waals surface area contributed by atoms with Gasteiger partial charge in [-0.2, -0.15) is 15.0 Å². The lowest BCUT2D eigenvalue weighted by atomic mass is 10.2. The summed E-state index contributed by atoms with van der Waals surface area (Å²) >= 11 is 0. The van der Waals surface area contributed by atoms with Crippen LogP contribution in [0.15, 0.2) is 54.6 Å². The first-order chi connectivity index (χ1) is 13.7. The van der Waals surface area contributed by atoms with E-state index in [9.17, 15) is 0 Å². The third-order valence-corrected chi connectivity index (χ3v) is 4.29. The van der Waals surface area contributed by atoms with Crippen LogP contribution in [-0.4, -0.2) is 21.5 Å². The number of hydrogen-bond acceptors (Lipinski definition) is 6. The van der Waals surface area contributed by atoms with Crippen LogP contribution in [-0.2, 0) is 0 Å². The van der Waals surface area contributed by atoms with Gasteiger partial charge >= 0.3 is 0 Å². The Bertz CT molecular complexity index is 849. The Balaban J connectivity index is 1.75. The van der Waals surface area contributed by atoms with Gasteiger partial charge in [0.25, 0.3) is 0 Å². The van der Waals surface area contributed by atoms with E-state index in [-0.39, 0.29) is 0 Å². The summed E-state index contributed by atoms with van der Waals surface area (Å²) in [7, 11) is 0. The average molecular weight is 377 g/mol. The number of aromatic nitrogens is 3. The fourth-order valence-electron chi connectivity index (χ4n) is 2.74. The highest BCUT2D eigenvalue weighted by molar-refractivity contribution is 5.59. The lowest BCUT2D eigenvalue weighted by Crippen LogP contribution is -2.10. The number of aryl methyl sites for hydroxylation is 1. The molecule has 0 amide bonds. The number of nitrogens with one attached hydrogen (secondary N) is 3. The predicted octanol–water partition coefficient (Wildman–Crippen LogP) is 5.66. The van der Waals surface area contributed by atoms with Gasteiger partial charge in [0.2, 0.25) is 17.8 Å². The van der Waals surface area contributed by atoms with Gasteiger partial charge in [-0.3, -0.25) is 0 Å². The van der Waals surface area contributed by atoms with Crippen LogP contribution >= 0.6 is 0 Å². The van der Waals surface area contributed by atoms with Crippen molar-refractivity contribution >= 4 is 29.2 Å². The van der Waals surface area contributed by atoms with Crippen molar-refractivity contribution in [2.45, 2.75) is 39.5 Å². The maximum atomic E-state index is 4.53. The molecule has 0 spiro atoms. The highest BCUT2D eigenvalue weighted by Crippen LogP contribution is 2.19. The molecule has 3 rings (SSSR count). The summed E-state index contributed by atoms with van der Waals surface area (Å²) in [5.74, 6) is 1.58. The molecule has 0 aliphatic heterocycles. The summed E-state index contributed by atoms with van der Waals surface area (Å²) in [6.45, 7) is 5.12. The van der Waals surface area contributed by atoms with E-state index in [1.54, 1.807) is 0 Å². The largest absolute Gasteiger partial charge is 0.354 e. The van der Waals surface area contributed by atoms with Crippen molar-refractivity contribution in [3.63, 3.8) is 0 Å². The Hall–Kier alpha value is -3.15. The Morgan fingerprint density at radius 3 is 1.93 bits per heavy atom. The monoisotopic (exact) mass is 376 g/mol.